The maximum Gasteiger partial charge on any atom is 0.160 e. The van der Waals surface area contributed by atoms with Crippen LogP contribution < -0.4 is 0 Å². The van der Waals surface area contributed by atoms with Crippen LogP contribution in [0.3, 0.4) is 0 Å². The van der Waals surface area contributed by atoms with E-state index in [1.165, 1.54) is 0 Å². The molecule has 0 aliphatic carbocycles. The van der Waals surface area contributed by atoms with Gasteiger partial charge in [0.15, 0.2) is 5.82 Å². The first-order chi connectivity index (χ1) is 25.3. The van der Waals surface area contributed by atoms with Gasteiger partial charge in [0.2, 0.25) is 0 Å². The molecule has 11 aromatic rings. The number of hydrogen-bond acceptors (Lipinski definition) is 5. The number of nitrogens with zero attached hydrogens (tertiary/aromatic N) is 2. The van der Waals surface area contributed by atoms with Gasteiger partial charge in [0.25, 0.3) is 0 Å². The molecule has 7 aromatic carbocycles. The highest BCUT2D eigenvalue weighted by Crippen LogP contribution is 2.47. The van der Waals surface area contributed by atoms with Crippen molar-refractivity contribution in [3.63, 3.8) is 0 Å². The lowest BCUT2D eigenvalue weighted by molar-refractivity contribution is 0.660. The molecule has 238 valence electrons. The molecule has 0 spiro atoms. The van der Waals surface area contributed by atoms with Crippen LogP contribution in [0.15, 0.2) is 171 Å². The molecule has 0 saturated carbocycles. The molecule has 0 radical (unpaired) electrons. The summed E-state index contributed by atoms with van der Waals surface area (Å²) in [5, 5.41) is 6.15. The van der Waals surface area contributed by atoms with E-state index in [4.69, 9.17) is 23.2 Å². The summed E-state index contributed by atoms with van der Waals surface area (Å²) in [5.74, 6) is 0.671. The van der Waals surface area contributed by atoms with Crippen molar-refractivity contribution in [1.29, 1.82) is 0 Å². The predicted molar refractivity (Wildman–Crippen MR) is 206 cm³/mol. The molecule has 4 aromatic heterocycles. The summed E-state index contributed by atoms with van der Waals surface area (Å²) < 4.78 is 19.6. The molecule has 0 saturated heterocycles. The van der Waals surface area contributed by atoms with Crippen LogP contribution in [0.5, 0.6) is 0 Å². The molecule has 0 unspecified atom stereocenters. The third kappa shape index (κ3) is 4.28. The van der Waals surface area contributed by atoms with Gasteiger partial charge < -0.3 is 13.3 Å². The molecule has 51 heavy (non-hydrogen) atoms. The number of benzene rings is 7. The van der Waals surface area contributed by atoms with Crippen molar-refractivity contribution in [1.82, 2.24) is 9.97 Å². The van der Waals surface area contributed by atoms with Crippen molar-refractivity contribution in [3.05, 3.63) is 158 Å². The van der Waals surface area contributed by atoms with Crippen LogP contribution in [0.25, 0.3) is 111 Å². The zero-order chi connectivity index (χ0) is 33.5. The molecular weight excluding hydrogens is 629 g/mol. The zero-order valence-electron chi connectivity index (χ0n) is 27.1. The Morgan fingerprint density at radius 2 is 0.863 bits per heavy atom. The van der Waals surface area contributed by atoms with Gasteiger partial charge >= 0.3 is 0 Å². The number of hydrogen-bond donors (Lipinski definition) is 0. The maximum atomic E-state index is 6.72. The highest BCUT2D eigenvalue weighted by Gasteiger charge is 2.23. The largest absolute Gasteiger partial charge is 0.456 e. The van der Waals surface area contributed by atoms with Crippen LogP contribution in [0.1, 0.15) is 0 Å². The van der Waals surface area contributed by atoms with Gasteiger partial charge in [-0.25, -0.2) is 9.97 Å². The highest BCUT2D eigenvalue weighted by molar-refractivity contribution is 6.33. The molecule has 5 nitrogen and oxygen atoms in total. The second-order valence-electron chi connectivity index (χ2n) is 12.9. The van der Waals surface area contributed by atoms with Crippen molar-refractivity contribution in [2.75, 3.05) is 0 Å². The quantitative estimate of drug-likeness (QED) is 0.189. The summed E-state index contributed by atoms with van der Waals surface area (Å²) in [4.78, 5) is 10.1. The van der Waals surface area contributed by atoms with Crippen LogP contribution in [-0.4, -0.2) is 9.97 Å². The molecule has 0 atom stereocenters. The number of rotatable bonds is 4. The third-order valence-electron chi connectivity index (χ3n) is 9.91. The van der Waals surface area contributed by atoms with Crippen molar-refractivity contribution in [3.8, 4) is 45.0 Å². The minimum Gasteiger partial charge on any atom is -0.456 e. The zero-order valence-corrected chi connectivity index (χ0v) is 27.1. The van der Waals surface area contributed by atoms with Crippen LogP contribution in [0.2, 0.25) is 0 Å². The Morgan fingerprint density at radius 1 is 0.333 bits per heavy atom. The predicted octanol–water partition coefficient (Wildman–Crippen LogP) is 12.8. The Labute approximate surface area is 291 Å². The first kappa shape index (κ1) is 27.9. The van der Waals surface area contributed by atoms with Crippen LogP contribution in [-0.2, 0) is 0 Å². The fraction of sp³-hybridized carbons (Fsp3) is 0. The topological polar surface area (TPSA) is 65.2 Å². The molecule has 0 N–H and O–H groups in total. The minimum absolute atomic E-state index is 0.671. The standard InChI is InChI=1S/C46H26N2O3/c1-3-11-28(12-4-1)34-26-35(29-13-5-2-6-14-29)48-46(47-34)30-21-19-27(20-22-30)33-25-40-44(45-41(33)31-15-7-10-18-37(31)51-45)43-39(50-40)24-23-38-42(43)32-16-8-9-17-36(32)49-38/h1-26H. The van der Waals surface area contributed by atoms with E-state index < -0.39 is 0 Å². The second-order valence-corrected chi connectivity index (χ2v) is 12.9. The summed E-state index contributed by atoms with van der Waals surface area (Å²) in [5.41, 5.74) is 11.7. The average Bonchev–Trinajstić information content (AvgIpc) is 3.89. The first-order valence-electron chi connectivity index (χ1n) is 17.0. The monoisotopic (exact) mass is 654 g/mol. The van der Waals surface area contributed by atoms with E-state index in [1.807, 2.05) is 78.9 Å². The Balaban J connectivity index is 1.12. The lowest BCUT2D eigenvalue weighted by Crippen LogP contribution is -1.96. The van der Waals surface area contributed by atoms with E-state index in [1.54, 1.807) is 0 Å². The summed E-state index contributed by atoms with van der Waals surface area (Å²) in [6, 6.07) is 53.6. The Hall–Kier alpha value is -6.98. The van der Waals surface area contributed by atoms with Crippen molar-refractivity contribution < 1.29 is 13.3 Å². The minimum atomic E-state index is 0.671. The number of aromatic nitrogens is 2. The van der Waals surface area contributed by atoms with Gasteiger partial charge in [0, 0.05) is 43.6 Å². The van der Waals surface area contributed by atoms with Gasteiger partial charge in [-0.1, -0.05) is 121 Å². The summed E-state index contributed by atoms with van der Waals surface area (Å²) in [6.45, 7) is 0. The number of para-hydroxylation sites is 2. The van der Waals surface area contributed by atoms with Crippen molar-refractivity contribution in [2.45, 2.75) is 0 Å². The van der Waals surface area contributed by atoms with E-state index in [2.05, 4.69) is 78.9 Å². The molecule has 0 fully saturated rings. The Kier molecular flexibility index (Phi) is 5.89. The Bertz CT molecular complexity index is 3060. The molecular formula is C46H26N2O3. The first-order valence-corrected chi connectivity index (χ1v) is 17.0. The van der Waals surface area contributed by atoms with Crippen molar-refractivity contribution in [2.24, 2.45) is 0 Å². The van der Waals surface area contributed by atoms with Gasteiger partial charge in [-0.3, -0.25) is 0 Å². The average molecular weight is 655 g/mol. The highest BCUT2D eigenvalue weighted by atomic mass is 16.3. The van der Waals surface area contributed by atoms with Gasteiger partial charge in [-0.15, -0.1) is 0 Å². The SMILES string of the molecule is c1ccc(-c2cc(-c3ccccc3)nc(-c3ccc(-c4cc5oc6ccc7oc8ccccc8c7c6c5c5oc6ccccc6c45)cc3)n2)cc1. The molecule has 0 aliphatic rings. The molecule has 5 heteroatoms. The lowest BCUT2D eigenvalue weighted by Gasteiger charge is -2.10. The normalized spacial score (nSPS) is 11.9. The van der Waals surface area contributed by atoms with E-state index in [9.17, 15) is 0 Å². The summed E-state index contributed by atoms with van der Waals surface area (Å²) in [7, 11) is 0. The van der Waals surface area contributed by atoms with Crippen molar-refractivity contribution >= 4 is 65.8 Å². The van der Waals surface area contributed by atoms with Gasteiger partial charge in [0.1, 0.15) is 33.5 Å². The van der Waals surface area contributed by atoms with Gasteiger partial charge in [-0.05, 0) is 47.5 Å². The number of furan rings is 3. The fourth-order valence-electron chi connectivity index (χ4n) is 7.56. The van der Waals surface area contributed by atoms with Gasteiger partial charge in [-0.2, -0.15) is 0 Å². The number of fused-ring (bicyclic) bond motifs is 11. The Morgan fingerprint density at radius 3 is 1.53 bits per heavy atom. The molecule has 0 amide bonds. The molecule has 0 aliphatic heterocycles. The van der Waals surface area contributed by atoms with E-state index in [0.29, 0.717) is 5.82 Å². The molecule has 11 rings (SSSR count). The summed E-state index contributed by atoms with van der Waals surface area (Å²) in [6.07, 6.45) is 0. The second kappa shape index (κ2) is 10.8. The maximum absolute atomic E-state index is 6.72. The smallest absolute Gasteiger partial charge is 0.160 e. The van der Waals surface area contributed by atoms with Crippen LogP contribution >= 0.6 is 0 Å². The molecule has 0 bridgehead atoms. The third-order valence-corrected chi connectivity index (χ3v) is 9.91. The fourth-order valence-corrected chi connectivity index (χ4v) is 7.56. The van der Waals surface area contributed by atoms with Crippen LogP contribution in [0, 0.1) is 0 Å². The molecule has 4 heterocycles. The van der Waals surface area contributed by atoms with E-state index in [0.717, 1.165) is 105 Å². The van der Waals surface area contributed by atoms with Gasteiger partial charge in [0.05, 0.1) is 16.8 Å². The lowest BCUT2D eigenvalue weighted by atomic mass is 9.95. The van der Waals surface area contributed by atoms with Crippen LogP contribution in [0.4, 0.5) is 0 Å². The van der Waals surface area contributed by atoms with E-state index in [-0.39, 0.29) is 0 Å². The summed E-state index contributed by atoms with van der Waals surface area (Å²) >= 11 is 0. The van der Waals surface area contributed by atoms with E-state index >= 15 is 0 Å².